The van der Waals surface area contributed by atoms with E-state index in [1.807, 2.05) is 23.1 Å². The molecule has 0 spiro atoms. The predicted molar refractivity (Wildman–Crippen MR) is 164 cm³/mol. The van der Waals surface area contributed by atoms with Gasteiger partial charge in [0.2, 0.25) is 11.9 Å². The first-order chi connectivity index (χ1) is 19.6. The second-order valence-corrected chi connectivity index (χ2v) is 11.8. The van der Waals surface area contributed by atoms with Crippen molar-refractivity contribution >= 4 is 39.2 Å². The van der Waals surface area contributed by atoms with E-state index in [0.717, 1.165) is 59.0 Å². The second-order valence-electron chi connectivity index (χ2n) is 10.9. The van der Waals surface area contributed by atoms with Gasteiger partial charge in [0, 0.05) is 29.6 Å². The summed E-state index contributed by atoms with van der Waals surface area (Å²) in [7, 11) is 1.70. The zero-order valence-electron chi connectivity index (χ0n) is 24.2. The van der Waals surface area contributed by atoms with Gasteiger partial charge in [-0.3, -0.25) is 4.79 Å². The fourth-order valence-electron chi connectivity index (χ4n) is 5.94. The number of unbranched alkanes of at least 4 members (excludes halogenated alkanes) is 5. The summed E-state index contributed by atoms with van der Waals surface area (Å²) in [5.74, 6) is 2.42. The number of piperazine rings is 1. The average Bonchev–Trinajstić information content (AvgIpc) is 3.52. The molecule has 40 heavy (non-hydrogen) atoms. The number of amides is 1. The Labute approximate surface area is 242 Å². The molecule has 1 amide bonds. The molecule has 8 nitrogen and oxygen atoms in total. The van der Waals surface area contributed by atoms with Gasteiger partial charge < -0.3 is 24.6 Å². The highest BCUT2D eigenvalue weighted by Crippen LogP contribution is 2.45. The molecule has 9 heteroatoms. The molecule has 216 valence electrons. The van der Waals surface area contributed by atoms with Crippen LogP contribution in [-0.4, -0.2) is 67.9 Å². The Bertz CT molecular complexity index is 1260. The second kappa shape index (κ2) is 13.6. The lowest BCUT2D eigenvalue weighted by atomic mass is 10.0. The van der Waals surface area contributed by atoms with Crippen LogP contribution in [0, 0.1) is 0 Å². The molecule has 3 fully saturated rings. The van der Waals surface area contributed by atoms with Gasteiger partial charge in [-0.25, -0.2) is 4.98 Å². The van der Waals surface area contributed by atoms with E-state index in [-0.39, 0.29) is 12.5 Å². The number of ether oxygens (including phenoxy) is 2. The summed E-state index contributed by atoms with van der Waals surface area (Å²) in [4.78, 5) is 27.4. The molecular weight excluding hydrogens is 522 g/mol. The number of fused-ring (bicyclic) bond motifs is 3. The van der Waals surface area contributed by atoms with E-state index in [1.54, 1.807) is 18.4 Å². The topological polar surface area (TPSA) is 79.8 Å². The molecule has 0 radical (unpaired) electrons. The van der Waals surface area contributed by atoms with Crippen molar-refractivity contribution in [2.75, 3.05) is 49.8 Å². The lowest BCUT2D eigenvalue weighted by Crippen LogP contribution is -2.49. The number of para-hydroxylation sites is 1. The first-order valence-corrected chi connectivity index (χ1v) is 15.8. The lowest BCUT2D eigenvalue weighted by Gasteiger charge is -2.37. The number of thiophene rings is 1. The van der Waals surface area contributed by atoms with E-state index in [9.17, 15) is 4.79 Å². The van der Waals surface area contributed by atoms with Crippen LogP contribution in [-0.2, 0) is 9.53 Å². The van der Waals surface area contributed by atoms with Crippen LogP contribution >= 0.6 is 11.3 Å². The van der Waals surface area contributed by atoms with Crippen molar-refractivity contribution in [1.29, 1.82) is 0 Å². The zero-order chi connectivity index (χ0) is 27.9. The summed E-state index contributed by atoms with van der Waals surface area (Å²) in [5, 5.41) is 6.09. The van der Waals surface area contributed by atoms with E-state index in [2.05, 4.69) is 35.5 Å². The molecule has 3 aromatic rings. The van der Waals surface area contributed by atoms with Crippen molar-refractivity contribution in [3.05, 3.63) is 29.6 Å². The largest absolute Gasteiger partial charge is 0.496 e. The third-order valence-electron chi connectivity index (χ3n) is 8.06. The van der Waals surface area contributed by atoms with Gasteiger partial charge in [-0.05, 0) is 18.9 Å². The fraction of sp³-hybridized carbons (Fsp3) is 0.581. The number of hydrogen-bond acceptors (Lipinski definition) is 8. The standard InChI is InChI=1S/C23H25N5O3S.C8H18/c1-30-18-5-3-2-4-16(18)17-13-32-22-20(17)21(28-14-6-7-15(28)12-31-11-14)25-23(26-22)27-9-8-24-19(29)10-27;1-3-5-7-8-6-4-2/h2-5,13-15H,6-12H2,1H3,(H,24,29);3-8H2,1-2H3. The summed E-state index contributed by atoms with van der Waals surface area (Å²) >= 11 is 1.62. The molecule has 2 atom stereocenters. The summed E-state index contributed by atoms with van der Waals surface area (Å²) in [5.41, 5.74) is 2.13. The minimum absolute atomic E-state index is 0.00818. The maximum atomic E-state index is 12.0. The van der Waals surface area contributed by atoms with Crippen LogP contribution in [0.25, 0.3) is 21.3 Å². The number of nitrogens with one attached hydrogen (secondary N) is 1. The SMILES string of the molecule is CCCCCCCC.COc1ccccc1-c1csc2nc(N3CCNC(=O)C3)nc(N3C4CCC3COC4)c12. The molecule has 2 bridgehead atoms. The Kier molecular flexibility index (Phi) is 9.75. The van der Waals surface area contributed by atoms with Crippen LogP contribution in [0.2, 0.25) is 0 Å². The van der Waals surface area contributed by atoms with E-state index in [1.165, 1.54) is 38.5 Å². The molecule has 0 aliphatic carbocycles. The zero-order valence-corrected chi connectivity index (χ0v) is 25.0. The molecule has 0 saturated carbocycles. The number of hydrogen-bond donors (Lipinski definition) is 1. The third kappa shape index (κ3) is 6.20. The van der Waals surface area contributed by atoms with Gasteiger partial charge in [0.25, 0.3) is 0 Å². The number of nitrogens with zero attached hydrogens (tertiary/aromatic N) is 4. The van der Waals surface area contributed by atoms with Gasteiger partial charge in [0.15, 0.2) is 0 Å². The van der Waals surface area contributed by atoms with Crippen molar-refractivity contribution in [2.24, 2.45) is 0 Å². The molecule has 3 aliphatic rings. The van der Waals surface area contributed by atoms with Crippen LogP contribution in [0.4, 0.5) is 11.8 Å². The van der Waals surface area contributed by atoms with Crippen LogP contribution in [0.1, 0.15) is 65.2 Å². The van der Waals surface area contributed by atoms with E-state index < -0.39 is 0 Å². The van der Waals surface area contributed by atoms with Gasteiger partial charge in [-0.2, -0.15) is 4.98 Å². The van der Waals surface area contributed by atoms with Crippen molar-refractivity contribution in [3.63, 3.8) is 0 Å². The Balaban J connectivity index is 0.000000355. The molecule has 1 aromatic carbocycles. The van der Waals surface area contributed by atoms with Crippen molar-refractivity contribution in [2.45, 2.75) is 77.3 Å². The number of rotatable bonds is 9. The highest BCUT2D eigenvalue weighted by Gasteiger charge is 2.40. The minimum atomic E-state index is 0.00818. The fourth-order valence-corrected chi connectivity index (χ4v) is 6.87. The van der Waals surface area contributed by atoms with E-state index in [0.29, 0.717) is 31.1 Å². The summed E-state index contributed by atoms with van der Waals surface area (Å²) in [6.07, 6.45) is 10.7. The van der Waals surface area contributed by atoms with Crippen LogP contribution in [0.15, 0.2) is 29.6 Å². The van der Waals surface area contributed by atoms with Gasteiger partial charge >= 0.3 is 0 Å². The lowest BCUT2D eigenvalue weighted by molar-refractivity contribution is -0.120. The Hall–Kier alpha value is -2.91. The van der Waals surface area contributed by atoms with Crippen molar-refractivity contribution < 1.29 is 14.3 Å². The Morgan fingerprint density at radius 2 is 1.75 bits per heavy atom. The Morgan fingerprint density at radius 1 is 1.02 bits per heavy atom. The van der Waals surface area contributed by atoms with Gasteiger partial charge in [0.05, 0.1) is 44.3 Å². The molecule has 1 N–H and O–H groups in total. The molecule has 3 saturated heterocycles. The maximum absolute atomic E-state index is 12.0. The van der Waals surface area contributed by atoms with Crippen LogP contribution < -0.4 is 19.9 Å². The minimum Gasteiger partial charge on any atom is -0.496 e. The summed E-state index contributed by atoms with van der Waals surface area (Å²) in [6, 6.07) is 8.71. The first kappa shape index (κ1) is 28.6. The average molecular weight is 566 g/mol. The molecule has 6 rings (SSSR count). The monoisotopic (exact) mass is 565 g/mol. The molecule has 2 unspecified atom stereocenters. The normalized spacial score (nSPS) is 20.3. The predicted octanol–water partition coefficient (Wildman–Crippen LogP) is 6.04. The van der Waals surface area contributed by atoms with Crippen molar-refractivity contribution in [3.8, 4) is 16.9 Å². The summed E-state index contributed by atoms with van der Waals surface area (Å²) in [6.45, 7) is 7.55. The molecular formula is C31H43N5O3S. The smallest absolute Gasteiger partial charge is 0.239 e. The molecule has 5 heterocycles. The van der Waals surface area contributed by atoms with Crippen LogP contribution in [0.5, 0.6) is 5.75 Å². The first-order valence-electron chi connectivity index (χ1n) is 14.9. The number of carbonyl (C=O) groups is 1. The van der Waals surface area contributed by atoms with Gasteiger partial charge in [-0.15, -0.1) is 11.3 Å². The molecule has 2 aromatic heterocycles. The third-order valence-corrected chi connectivity index (χ3v) is 8.94. The highest BCUT2D eigenvalue weighted by molar-refractivity contribution is 7.17. The van der Waals surface area contributed by atoms with E-state index >= 15 is 0 Å². The highest BCUT2D eigenvalue weighted by atomic mass is 32.1. The number of morpholine rings is 1. The number of anilines is 2. The van der Waals surface area contributed by atoms with Gasteiger partial charge in [-0.1, -0.05) is 70.6 Å². The number of carbonyl (C=O) groups excluding carboxylic acids is 1. The van der Waals surface area contributed by atoms with E-state index in [4.69, 9.17) is 19.4 Å². The van der Waals surface area contributed by atoms with Crippen LogP contribution in [0.3, 0.4) is 0 Å². The van der Waals surface area contributed by atoms with Gasteiger partial charge in [0.1, 0.15) is 16.4 Å². The maximum Gasteiger partial charge on any atom is 0.239 e. The van der Waals surface area contributed by atoms with Crippen molar-refractivity contribution in [1.82, 2.24) is 15.3 Å². The quantitative estimate of drug-likeness (QED) is 0.317. The Morgan fingerprint density at radius 3 is 2.42 bits per heavy atom. The summed E-state index contributed by atoms with van der Waals surface area (Å²) < 4.78 is 11.5. The molecule has 3 aliphatic heterocycles. The number of methoxy groups -OCH3 is 1. The number of benzene rings is 1. The number of aromatic nitrogens is 2.